The smallest absolute Gasteiger partial charge is 0.271 e. The fraction of sp³-hybridized carbons (Fsp3) is 0.250. The van der Waals surface area contributed by atoms with Crippen molar-refractivity contribution < 1.29 is 14.1 Å². The maximum atomic E-state index is 13.9. The molecule has 1 aromatic carbocycles. The topological polar surface area (TPSA) is 115 Å². The Kier molecular flexibility index (Phi) is 5.04. The zero-order chi connectivity index (χ0) is 19.7. The van der Waals surface area contributed by atoms with Crippen LogP contribution in [0.3, 0.4) is 0 Å². The molecule has 0 fully saturated rings. The minimum atomic E-state index is -0.753. The van der Waals surface area contributed by atoms with Gasteiger partial charge in [0, 0.05) is 29.1 Å². The Morgan fingerprint density at radius 3 is 2.78 bits per heavy atom. The molecule has 0 unspecified atom stereocenters. The molecule has 2 aromatic heterocycles. The molecule has 11 heteroatoms. The second kappa shape index (κ2) is 7.27. The highest BCUT2D eigenvalue weighted by molar-refractivity contribution is 7.98. The Balaban J connectivity index is 1.88. The number of aromatic nitrogens is 4. The summed E-state index contributed by atoms with van der Waals surface area (Å²) in [6.45, 7) is 3.54. The largest absolute Gasteiger partial charge is 0.323 e. The van der Waals surface area contributed by atoms with Gasteiger partial charge in [0.05, 0.1) is 17.0 Å². The number of nitro groups is 1. The van der Waals surface area contributed by atoms with Gasteiger partial charge in [-0.05, 0) is 26.2 Å². The number of hydrogen-bond acceptors (Lipinski definition) is 7. The van der Waals surface area contributed by atoms with Gasteiger partial charge < -0.3 is 5.32 Å². The van der Waals surface area contributed by atoms with E-state index in [1.165, 1.54) is 11.8 Å². The van der Waals surface area contributed by atoms with Crippen LogP contribution in [0.1, 0.15) is 17.0 Å². The molecule has 2 heterocycles. The molecule has 140 valence electrons. The average molecular weight is 390 g/mol. The second-order valence-electron chi connectivity index (χ2n) is 5.72. The number of amides is 1. The Hall–Kier alpha value is -3.08. The van der Waals surface area contributed by atoms with Crippen LogP contribution in [0.5, 0.6) is 0 Å². The predicted molar refractivity (Wildman–Crippen MR) is 97.4 cm³/mol. The number of anilines is 1. The van der Waals surface area contributed by atoms with Gasteiger partial charge in [-0.2, -0.15) is 4.98 Å². The van der Waals surface area contributed by atoms with Crippen molar-refractivity contribution in [3.63, 3.8) is 0 Å². The fourth-order valence-electron chi connectivity index (χ4n) is 2.61. The molecule has 1 N–H and O–H groups in total. The van der Waals surface area contributed by atoms with Gasteiger partial charge in [-0.1, -0.05) is 11.8 Å². The van der Waals surface area contributed by atoms with Crippen LogP contribution < -0.4 is 5.32 Å². The van der Waals surface area contributed by atoms with Gasteiger partial charge in [0.15, 0.2) is 0 Å². The van der Waals surface area contributed by atoms with Crippen molar-refractivity contribution in [2.75, 3.05) is 11.6 Å². The SMILES string of the molecule is CSc1nc2nc(C)c(CC(=O)Nc3cc([N+](=O)[O-])ccc3F)c(C)n2n1. The number of fused-ring (bicyclic) bond motifs is 1. The number of non-ortho nitro benzene ring substituents is 1. The van der Waals surface area contributed by atoms with Crippen molar-refractivity contribution in [1.82, 2.24) is 19.6 Å². The van der Waals surface area contributed by atoms with Crippen LogP contribution >= 0.6 is 11.8 Å². The van der Waals surface area contributed by atoms with Gasteiger partial charge in [0.2, 0.25) is 11.1 Å². The van der Waals surface area contributed by atoms with E-state index in [2.05, 4.69) is 20.4 Å². The van der Waals surface area contributed by atoms with Crippen molar-refractivity contribution in [2.45, 2.75) is 25.4 Å². The van der Waals surface area contributed by atoms with Gasteiger partial charge in [0.25, 0.3) is 11.5 Å². The van der Waals surface area contributed by atoms with Crippen molar-refractivity contribution in [1.29, 1.82) is 0 Å². The molecule has 3 aromatic rings. The number of carbonyl (C=O) groups is 1. The molecule has 27 heavy (non-hydrogen) atoms. The van der Waals surface area contributed by atoms with Crippen LogP contribution in [-0.2, 0) is 11.2 Å². The van der Waals surface area contributed by atoms with E-state index in [0.717, 1.165) is 18.2 Å². The Morgan fingerprint density at radius 2 is 2.11 bits per heavy atom. The van der Waals surface area contributed by atoms with E-state index in [4.69, 9.17) is 0 Å². The van der Waals surface area contributed by atoms with E-state index in [0.29, 0.717) is 27.9 Å². The lowest BCUT2D eigenvalue weighted by Gasteiger charge is -2.11. The number of benzene rings is 1. The lowest BCUT2D eigenvalue weighted by atomic mass is 10.1. The van der Waals surface area contributed by atoms with E-state index in [1.54, 1.807) is 18.4 Å². The molecule has 0 atom stereocenters. The summed E-state index contributed by atoms with van der Waals surface area (Å²) in [5.74, 6) is -0.841. The van der Waals surface area contributed by atoms with Gasteiger partial charge in [-0.25, -0.2) is 13.9 Å². The molecule has 3 rings (SSSR count). The summed E-state index contributed by atoms with van der Waals surface area (Å²) < 4.78 is 15.4. The number of nitrogens with one attached hydrogen (secondary N) is 1. The van der Waals surface area contributed by atoms with E-state index in [9.17, 15) is 19.3 Å². The van der Waals surface area contributed by atoms with Crippen molar-refractivity contribution in [2.24, 2.45) is 0 Å². The molecule has 0 saturated carbocycles. The predicted octanol–water partition coefficient (Wildman–Crippen LogP) is 2.69. The molecule has 0 aliphatic carbocycles. The molecule has 0 radical (unpaired) electrons. The van der Waals surface area contributed by atoms with Gasteiger partial charge in [-0.3, -0.25) is 14.9 Å². The van der Waals surface area contributed by atoms with E-state index >= 15 is 0 Å². The van der Waals surface area contributed by atoms with Gasteiger partial charge in [-0.15, -0.1) is 5.10 Å². The standard InChI is InChI=1S/C16H15FN6O3S/c1-8-11(9(2)22-15(18-8)20-16(21-22)27-3)7-14(24)19-13-6-10(23(25)26)4-5-12(13)17/h4-6H,7H2,1-3H3,(H,19,24). The first-order valence-corrected chi connectivity index (χ1v) is 9.03. The first-order chi connectivity index (χ1) is 12.8. The Labute approximate surface area is 157 Å². The molecular formula is C16H15FN6O3S. The summed E-state index contributed by atoms with van der Waals surface area (Å²) in [4.78, 5) is 31.2. The van der Waals surface area contributed by atoms with Crippen LogP contribution in [-0.4, -0.2) is 36.7 Å². The van der Waals surface area contributed by atoms with Gasteiger partial charge >= 0.3 is 0 Å². The average Bonchev–Trinajstić information content (AvgIpc) is 3.03. The molecule has 0 saturated heterocycles. The van der Waals surface area contributed by atoms with Gasteiger partial charge in [0.1, 0.15) is 5.82 Å². The summed E-state index contributed by atoms with van der Waals surface area (Å²) >= 11 is 1.38. The number of thioether (sulfide) groups is 1. The molecule has 0 bridgehead atoms. The number of halogens is 1. The maximum absolute atomic E-state index is 13.9. The number of nitrogens with zero attached hydrogens (tertiary/aromatic N) is 5. The second-order valence-corrected chi connectivity index (χ2v) is 6.49. The number of carbonyl (C=O) groups excluding carboxylic acids is 1. The zero-order valence-electron chi connectivity index (χ0n) is 14.7. The molecule has 1 amide bonds. The zero-order valence-corrected chi connectivity index (χ0v) is 15.5. The maximum Gasteiger partial charge on any atom is 0.271 e. The van der Waals surface area contributed by atoms with Crippen LogP contribution in [0.2, 0.25) is 0 Å². The minimum Gasteiger partial charge on any atom is -0.323 e. The molecule has 0 aliphatic rings. The molecule has 0 spiro atoms. The highest BCUT2D eigenvalue weighted by Gasteiger charge is 2.18. The third kappa shape index (κ3) is 3.72. The van der Waals surface area contributed by atoms with E-state index in [-0.39, 0.29) is 17.8 Å². The number of nitro benzene ring substituents is 1. The van der Waals surface area contributed by atoms with Crippen molar-refractivity contribution in [3.8, 4) is 0 Å². The lowest BCUT2D eigenvalue weighted by Crippen LogP contribution is -2.18. The van der Waals surface area contributed by atoms with E-state index in [1.807, 2.05) is 6.26 Å². The quantitative estimate of drug-likeness (QED) is 0.404. The molecule has 9 nitrogen and oxygen atoms in total. The van der Waals surface area contributed by atoms with Crippen LogP contribution in [0.15, 0.2) is 23.4 Å². The third-order valence-corrected chi connectivity index (χ3v) is 4.52. The number of hydrogen-bond donors (Lipinski definition) is 1. The number of aryl methyl sites for hydroxylation is 2. The highest BCUT2D eigenvalue weighted by Crippen LogP contribution is 2.22. The normalized spacial score (nSPS) is 11.0. The monoisotopic (exact) mass is 390 g/mol. The van der Waals surface area contributed by atoms with Crippen molar-refractivity contribution >= 4 is 34.8 Å². The highest BCUT2D eigenvalue weighted by atomic mass is 32.2. The summed E-state index contributed by atoms with van der Waals surface area (Å²) in [6.07, 6.45) is 1.76. The first-order valence-electron chi connectivity index (χ1n) is 7.80. The molecular weight excluding hydrogens is 375 g/mol. The van der Waals surface area contributed by atoms with Crippen LogP contribution in [0.25, 0.3) is 5.78 Å². The lowest BCUT2D eigenvalue weighted by molar-refractivity contribution is -0.384. The van der Waals surface area contributed by atoms with Crippen LogP contribution in [0, 0.1) is 29.8 Å². The fourth-order valence-corrected chi connectivity index (χ4v) is 2.95. The summed E-state index contributed by atoms with van der Waals surface area (Å²) in [5.41, 5.74) is 1.37. The minimum absolute atomic E-state index is 0.0861. The molecule has 0 aliphatic heterocycles. The van der Waals surface area contributed by atoms with E-state index < -0.39 is 16.6 Å². The Morgan fingerprint density at radius 1 is 1.37 bits per heavy atom. The third-order valence-electron chi connectivity index (χ3n) is 3.98. The first kappa shape index (κ1) is 18.7. The summed E-state index contributed by atoms with van der Waals surface area (Å²) in [5, 5.41) is 18.1. The summed E-state index contributed by atoms with van der Waals surface area (Å²) in [7, 11) is 0. The Bertz CT molecular complexity index is 1070. The van der Waals surface area contributed by atoms with Crippen LogP contribution in [0.4, 0.5) is 15.8 Å². The number of rotatable bonds is 5. The van der Waals surface area contributed by atoms with Crippen molar-refractivity contribution in [3.05, 3.63) is 51.1 Å². The summed E-state index contributed by atoms with van der Waals surface area (Å²) in [6, 6.07) is 2.96.